The van der Waals surface area contributed by atoms with E-state index in [2.05, 4.69) is 28.6 Å². The van der Waals surface area contributed by atoms with Crippen LogP contribution < -0.4 is 4.72 Å². The maximum atomic E-state index is 13.0. The molecule has 0 radical (unpaired) electrons. The second-order valence-corrected chi connectivity index (χ2v) is 9.70. The van der Waals surface area contributed by atoms with Crippen LogP contribution >= 0.6 is 11.3 Å². The van der Waals surface area contributed by atoms with Crippen LogP contribution in [0.3, 0.4) is 0 Å². The van der Waals surface area contributed by atoms with E-state index in [9.17, 15) is 8.42 Å². The van der Waals surface area contributed by atoms with E-state index in [1.807, 2.05) is 22.2 Å². The van der Waals surface area contributed by atoms with Crippen molar-refractivity contribution in [2.45, 2.75) is 56.9 Å². The van der Waals surface area contributed by atoms with E-state index in [1.165, 1.54) is 24.2 Å². The molecule has 0 atom stereocenters. The summed E-state index contributed by atoms with van der Waals surface area (Å²) in [4.78, 5) is 3.50. The van der Waals surface area contributed by atoms with E-state index >= 15 is 0 Å². The Morgan fingerprint density at radius 3 is 2.67 bits per heavy atom. The van der Waals surface area contributed by atoms with Gasteiger partial charge >= 0.3 is 0 Å². The van der Waals surface area contributed by atoms with Crippen LogP contribution in [0.25, 0.3) is 10.6 Å². The van der Waals surface area contributed by atoms with Gasteiger partial charge in [-0.3, -0.25) is 4.68 Å². The van der Waals surface area contributed by atoms with Crippen LogP contribution in [0.15, 0.2) is 28.6 Å². The van der Waals surface area contributed by atoms with Crippen molar-refractivity contribution >= 4 is 21.4 Å². The lowest BCUT2D eigenvalue weighted by atomic mass is 10.3. The van der Waals surface area contributed by atoms with Gasteiger partial charge in [0.1, 0.15) is 10.6 Å². The fraction of sp³-hybridized carbons (Fsp3) is 0.632. The molecule has 0 spiro atoms. The topological polar surface area (TPSA) is 67.2 Å². The highest BCUT2D eigenvalue weighted by Crippen LogP contribution is 2.34. The van der Waals surface area contributed by atoms with Gasteiger partial charge in [0.15, 0.2) is 0 Å². The Labute approximate surface area is 166 Å². The van der Waals surface area contributed by atoms with Crippen molar-refractivity contribution in [3.63, 3.8) is 0 Å². The minimum atomic E-state index is -3.58. The maximum Gasteiger partial charge on any atom is 0.244 e. The van der Waals surface area contributed by atoms with Crippen molar-refractivity contribution in [1.82, 2.24) is 19.4 Å². The lowest BCUT2D eigenvalue weighted by molar-refractivity contribution is 0.300. The second-order valence-electron chi connectivity index (χ2n) is 7.02. The average molecular weight is 411 g/mol. The zero-order valence-electron chi connectivity index (χ0n) is 16.2. The number of nitrogens with one attached hydrogen (secondary N) is 1. The fourth-order valence-electron chi connectivity index (χ4n) is 3.64. The Kier molecular flexibility index (Phi) is 7.08. The molecule has 2 aromatic heterocycles. The molecular formula is C19H30N4O2S2. The second kappa shape index (κ2) is 9.32. The van der Waals surface area contributed by atoms with Gasteiger partial charge in [-0.05, 0) is 50.3 Å². The van der Waals surface area contributed by atoms with E-state index < -0.39 is 10.0 Å². The molecule has 1 N–H and O–H groups in total. The van der Waals surface area contributed by atoms with Crippen molar-refractivity contribution < 1.29 is 8.42 Å². The number of sulfonamides is 1. The maximum absolute atomic E-state index is 13.0. The van der Waals surface area contributed by atoms with Gasteiger partial charge in [-0.2, -0.15) is 5.10 Å². The fourth-order valence-corrected chi connectivity index (χ4v) is 5.65. The van der Waals surface area contributed by atoms with E-state index in [0.29, 0.717) is 23.2 Å². The molecule has 1 aliphatic rings. The van der Waals surface area contributed by atoms with Gasteiger partial charge in [0.05, 0.1) is 10.9 Å². The minimum Gasteiger partial charge on any atom is -0.304 e. The van der Waals surface area contributed by atoms with Crippen LogP contribution in [-0.2, 0) is 10.0 Å². The Balaban J connectivity index is 1.76. The number of hydrogen-bond acceptors (Lipinski definition) is 5. The lowest BCUT2D eigenvalue weighted by Crippen LogP contribution is -2.30. The van der Waals surface area contributed by atoms with Crippen LogP contribution in [0.4, 0.5) is 0 Å². The minimum absolute atomic E-state index is 0.305. The van der Waals surface area contributed by atoms with Crippen LogP contribution in [0.1, 0.15) is 52.0 Å². The Morgan fingerprint density at radius 1 is 1.30 bits per heavy atom. The van der Waals surface area contributed by atoms with E-state index in [-0.39, 0.29) is 0 Å². The molecule has 0 aromatic carbocycles. The highest BCUT2D eigenvalue weighted by atomic mass is 32.2. The summed E-state index contributed by atoms with van der Waals surface area (Å²) >= 11 is 1.53. The number of thiophene rings is 1. The molecule has 0 amide bonds. The predicted molar refractivity (Wildman–Crippen MR) is 111 cm³/mol. The standard InChI is InChI=1S/C19H30N4O2S2/c1-3-22(4-2)13-8-12-20-27(24,25)18-15-23(16-9-5-6-10-16)21-19(18)17-11-7-14-26-17/h7,11,14-16,20H,3-6,8-10,12-13H2,1-2H3. The number of nitrogens with zero attached hydrogens (tertiary/aromatic N) is 3. The molecule has 0 saturated heterocycles. The molecular weight excluding hydrogens is 380 g/mol. The van der Waals surface area contributed by atoms with Crippen LogP contribution in [-0.4, -0.2) is 49.3 Å². The molecule has 6 nitrogen and oxygen atoms in total. The summed E-state index contributed by atoms with van der Waals surface area (Å²) in [5.41, 5.74) is 0.577. The SMILES string of the molecule is CCN(CC)CCCNS(=O)(=O)c1cn(C2CCCC2)nc1-c1cccs1. The van der Waals surface area contributed by atoms with Crippen molar-refractivity contribution in [3.8, 4) is 10.6 Å². The lowest BCUT2D eigenvalue weighted by Gasteiger charge is -2.17. The van der Waals surface area contributed by atoms with Gasteiger partial charge in [0, 0.05) is 12.7 Å². The molecule has 0 unspecified atom stereocenters. The third kappa shape index (κ3) is 4.99. The molecule has 1 saturated carbocycles. The van der Waals surface area contributed by atoms with Crippen LogP contribution in [0, 0.1) is 0 Å². The summed E-state index contributed by atoms with van der Waals surface area (Å²) in [6.07, 6.45) is 7.05. The zero-order valence-corrected chi connectivity index (χ0v) is 17.9. The molecule has 0 bridgehead atoms. The van der Waals surface area contributed by atoms with Gasteiger partial charge in [0.2, 0.25) is 10.0 Å². The third-order valence-electron chi connectivity index (χ3n) is 5.28. The first-order valence-corrected chi connectivity index (χ1v) is 12.3. The first-order chi connectivity index (χ1) is 13.0. The normalized spacial score (nSPS) is 15.8. The summed E-state index contributed by atoms with van der Waals surface area (Å²) in [5.74, 6) is 0. The molecule has 0 aliphatic heterocycles. The first-order valence-electron chi connectivity index (χ1n) is 9.90. The van der Waals surface area contributed by atoms with Crippen molar-refractivity contribution in [1.29, 1.82) is 0 Å². The summed E-state index contributed by atoms with van der Waals surface area (Å²) < 4.78 is 30.6. The molecule has 1 fully saturated rings. The van der Waals surface area contributed by atoms with E-state index in [4.69, 9.17) is 0 Å². The number of hydrogen-bond donors (Lipinski definition) is 1. The Morgan fingerprint density at radius 2 is 2.04 bits per heavy atom. The summed E-state index contributed by atoms with van der Waals surface area (Å²) in [5, 5.41) is 6.64. The molecule has 2 aromatic rings. The number of rotatable bonds is 10. The number of aromatic nitrogens is 2. The highest BCUT2D eigenvalue weighted by Gasteiger charge is 2.27. The Bertz CT molecular complexity index is 805. The first kappa shape index (κ1) is 20.5. The summed E-state index contributed by atoms with van der Waals surface area (Å²) in [6, 6.07) is 4.18. The third-order valence-corrected chi connectivity index (χ3v) is 7.62. The van der Waals surface area contributed by atoms with Gasteiger partial charge < -0.3 is 4.90 Å². The van der Waals surface area contributed by atoms with Gasteiger partial charge in [-0.15, -0.1) is 11.3 Å². The molecule has 150 valence electrons. The quantitative estimate of drug-likeness (QED) is 0.606. The van der Waals surface area contributed by atoms with E-state index in [0.717, 1.165) is 43.8 Å². The van der Waals surface area contributed by atoms with E-state index in [1.54, 1.807) is 6.20 Å². The van der Waals surface area contributed by atoms with Gasteiger partial charge in [-0.1, -0.05) is 32.8 Å². The van der Waals surface area contributed by atoms with Crippen LogP contribution in [0.5, 0.6) is 0 Å². The zero-order chi connectivity index (χ0) is 19.3. The van der Waals surface area contributed by atoms with Crippen LogP contribution in [0.2, 0.25) is 0 Å². The monoisotopic (exact) mass is 410 g/mol. The molecule has 1 aliphatic carbocycles. The van der Waals surface area contributed by atoms with Crippen molar-refractivity contribution in [2.24, 2.45) is 0 Å². The summed E-state index contributed by atoms with van der Waals surface area (Å²) in [6.45, 7) is 7.56. The van der Waals surface area contributed by atoms with Crippen molar-refractivity contribution in [2.75, 3.05) is 26.2 Å². The molecule has 8 heteroatoms. The molecule has 3 rings (SSSR count). The summed E-state index contributed by atoms with van der Waals surface area (Å²) in [7, 11) is -3.58. The largest absolute Gasteiger partial charge is 0.304 e. The highest BCUT2D eigenvalue weighted by molar-refractivity contribution is 7.89. The Hall–Kier alpha value is -1.22. The van der Waals surface area contributed by atoms with Crippen molar-refractivity contribution in [3.05, 3.63) is 23.7 Å². The predicted octanol–water partition coefficient (Wildman–Crippen LogP) is 3.74. The van der Waals surface area contributed by atoms with Gasteiger partial charge in [0.25, 0.3) is 0 Å². The average Bonchev–Trinajstić information content (AvgIpc) is 3.42. The smallest absolute Gasteiger partial charge is 0.244 e. The molecule has 2 heterocycles. The molecule has 27 heavy (non-hydrogen) atoms. The van der Waals surface area contributed by atoms with Gasteiger partial charge in [-0.25, -0.2) is 13.1 Å².